The van der Waals surface area contributed by atoms with Crippen LogP contribution in [0, 0.1) is 0 Å². The summed E-state index contributed by atoms with van der Waals surface area (Å²) in [5.74, 6) is 2.43. The number of para-hydroxylation sites is 1. The Morgan fingerprint density at radius 2 is 1.11 bits per heavy atom. The Kier molecular flexibility index (Phi) is 4.50. The molecule has 0 spiro atoms. The van der Waals surface area contributed by atoms with Crippen molar-refractivity contribution < 1.29 is 14.0 Å². The van der Waals surface area contributed by atoms with E-state index in [1.165, 1.54) is 0 Å². The molecule has 0 aromatic heterocycles. The van der Waals surface area contributed by atoms with Gasteiger partial charge in [-0.1, -0.05) is 97.1 Å². The Morgan fingerprint density at radius 1 is 0.474 bits per heavy atom. The van der Waals surface area contributed by atoms with E-state index in [1.807, 2.05) is 103 Å². The minimum absolute atomic E-state index is 0.584. The molecule has 6 aromatic rings. The summed E-state index contributed by atoms with van der Waals surface area (Å²) < 4.78 is 28.6. The summed E-state index contributed by atoms with van der Waals surface area (Å²) in [5, 5.41) is 4.08. The highest BCUT2D eigenvalue weighted by Crippen LogP contribution is 2.60. The Labute approximate surface area is 220 Å². The molecule has 180 valence electrons. The van der Waals surface area contributed by atoms with E-state index in [2.05, 4.69) is 24.3 Å². The lowest BCUT2D eigenvalue weighted by Gasteiger charge is -2.35. The van der Waals surface area contributed by atoms with E-state index in [1.54, 1.807) is 0 Å². The van der Waals surface area contributed by atoms with Crippen LogP contribution in [0.25, 0.3) is 33.0 Å². The van der Waals surface area contributed by atoms with E-state index < -0.39 is 7.14 Å². The monoisotopic (exact) mass is 508 g/mol. The molecule has 0 aliphatic carbocycles. The van der Waals surface area contributed by atoms with E-state index in [4.69, 9.17) is 9.47 Å². The van der Waals surface area contributed by atoms with Crippen LogP contribution in [0.3, 0.4) is 0 Å². The molecule has 0 saturated heterocycles. The van der Waals surface area contributed by atoms with Gasteiger partial charge in [-0.15, -0.1) is 0 Å². The maximum Gasteiger partial charge on any atom is 0.186 e. The number of hydrogen-bond donors (Lipinski definition) is 0. The van der Waals surface area contributed by atoms with Crippen molar-refractivity contribution in [1.82, 2.24) is 0 Å². The van der Waals surface area contributed by atoms with Crippen LogP contribution in [0.5, 0.6) is 23.0 Å². The largest absolute Gasteiger partial charge is 0.456 e. The Balaban J connectivity index is 1.43. The van der Waals surface area contributed by atoms with Gasteiger partial charge in [0.15, 0.2) is 7.14 Å². The van der Waals surface area contributed by atoms with Crippen LogP contribution in [0.4, 0.5) is 0 Å². The van der Waals surface area contributed by atoms with Crippen LogP contribution in [0.15, 0.2) is 127 Å². The van der Waals surface area contributed by atoms with Crippen LogP contribution in [-0.4, -0.2) is 0 Å². The molecule has 8 rings (SSSR count). The summed E-state index contributed by atoms with van der Waals surface area (Å²) in [6, 6.07) is 42.4. The van der Waals surface area contributed by atoms with Gasteiger partial charge >= 0.3 is 0 Å². The van der Waals surface area contributed by atoms with Gasteiger partial charge in [0.2, 0.25) is 0 Å². The predicted molar refractivity (Wildman–Crippen MR) is 154 cm³/mol. The highest BCUT2D eigenvalue weighted by Gasteiger charge is 2.47. The lowest BCUT2D eigenvalue weighted by Crippen LogP contribution is -2.35. The maximum absolute atomic E-state index is 15.5. The topological polar surface area (TPSA) is 35.5 Å². The Bertz CT molecular complexity index is 1940. The summed E-state index contributed by atoms with van der Waals surface area (Å²) >= 11 is 0. The third kappa shape index (κ3) is 2.94. The third-order valence-electron chi connectivity index (χ3n) is 7.50. The molecule has 0 N–H and O–H groups in total. The van der Waals surface area contributed by atoms with E-state index in [0.717, 1.165) is 38.3 Å². The minimum atomic E-state index is -3.29. The minimum Gasteiger partial charge on any atom is -0.456 e. The first kappa shape index (κ1) is 21.5. The standard InChI is InChI=1S/C34H21O3P/c35-38-32-17-9-8-16-28(32)36-30-20-24(26-14-7-6-13-25(26)22-10-2-1-3-11-22)21-31(34(30)38)37-29-19-18-23-12-4-5-15-27(23)33(29)38/h1-21H. The first-order valence-electron chi connectivity index (χ1n) is 12.6. The Hall–Kier alpha value is -4.59. The van der Waals surface area contributed by atoms with Gasteiger partial charge in [0.05, 0.1) is 10.6 Å². The molecule has 2 aliphatic rings. The summed E-state index contributed by atoms with van der Waals surface area (Å²) in [4.78, 5) is 0. The third-order valence-corrected chi connectivity index (χ3v) is 10.7. The lowest BCUT2D eigenvalue weighted by atomic mass is 9.94. The van der Waals surface area contributed by atoms with Gasteiger partial charge in [-0.3, -0.25) is 0 Å². The molecule has 6 aromatic carbocycles. The van der Waals surface area contributed by atoms with Crippen LogP contribution >= 0.6 is 7.14 Å². The molecule has 2 heterocycles. The van der Waals surface area contributed by atoms with Gasteiger partial charge in [-0.25, -0.2) is 0 Å². The van der Waals surface area contributed by atoms with E-state index >= 15 is 4.57 Å². The molecule has 0 radical (unpaired) electrons. The number of ether oxygens (including phenoxy) is 2. The molecule has 38 heavy (non-hydrogen) atoms. The fourth-order valence-corrected chi connectivity index (χ4v) is 9.09. The lowest BCUT2D eigenvalue weighted by molar-refractivity contribution is 0.462. The van der Waals surface area contributed by atoms with Crippen molar-refractivity contribution in [2.75, 3.05) is 0 Å². The second-order valence-electron chi connectivity index (χ2n) is 9.65. The van der Waals surface area contributed by atoms with Crippen molar-refractivity contribution in [2.45, 2.75) is 0 Å². The quantitative estimate of drug-likeness (QED) is 0.222. The smallest absolute Gasteiger partial charge is 0.186 e. The van der Waals surface area contributed by atoms with E-state index in [-0.39, 0.29) is 0 Å². The van der Waals surface area contributed by atoms with Gasteiger partial charge in [-0.2, -0.15) is 0 Å². The van der Waals surface area contributed by atoms with Crippen molar-refractivity contribution in [3.8, 4) is 45.3 Å². The molecule has 0 bridgehead atoms. The SMILES string of the molecule is O=P12c3ccccc3Oc3cc(-c4ccccc4-c4ccccc4)cc(c31)Oc1ccc3ccccc3c12. The summed E-state index contributed by atoms with van der Waals surface area (Å²) in [6.45, 7) is 0. The number of benzene rings is 6. The normalized spacial score (nSPS) is 16.5. The van der Waals surface area contributed by atoms with Crippen LogP contribution in [0.2, 0.25) is 0 Å². The van der Waals surface area contributed by atoms with E-state index in [0.29, 0.717) is 33.6 Å². The zero-order valence-electron chi connectivity index (χ0n) is 20.3. The van der Waals surface area contributed by atoms with Crippen LogP contribution < -0.4 is 25.4 Å². The summed E-state index contributed by atoms with van der Waals surface area (Å²) in [6.07, 6.45) is 0. The van der Waals surface area contributed by atoms with Gasteiger partial charge in [0, 0.05) is 0 Å². The molecule has 1 unspecified atom stereocenters. The molecule has 3 nitrogen and oxygen atoms in total. The number of fused-ring (bicyclic) bond motifs is 6. The molecular formula is C34H21O3P. The van der Waals surface area contributed by atoms with Gasteiger partial charge in [0.1, 0.15) is 28.3 Å². The summed E-state index contributed by atoms with van der Waals surface area (Å²) in [7, 11) is -3.29. The van der Waals surface area contributed by atoms with Crippen molar-refractivity contribution in [1.29, 1.82) is 0 Å². The first-order valence-corrected chi connectivity index (χ1v) is 14.3. The highest BCUT2D eigenvalue weighted by atomic mass is 31.2. The fourth-order valence-electron chi connectivity index (χ4n) is 5.84. The molecule has 0 saturated carbocycles. The van der Waals surface area contributed by atoms with Crippen molar-refractivity contribution in [2.24, 2.45) is 0 Å². The molecule has 1 atom stereocenters. The van der Waals surface area contributed by atoms with Gasteiger partial charge in [0.25, 0.3) is 0 Å². The van der Waals surface area contributed by atoms with Crippen LogP contribution in [0.1, 0.15) is 0 Å². The fraction of sp³-hybridized carbons (Fsp3) is 0. The number of rotatable bonds is 2. The average Bonchev–Trinajstić information content (AvgIpc) is 2.97. The van der Waals surface area contributed by atoms with Gasteiger partial charge in [-0.05, 0) is 63.4 Å². The van der Waals surface area contributed by atoms with Gasteiger partial charge < -0.3 is 14.0 Å². The zero-order valence-corrected chi connectivity index (χ0v) is 21.2. The molecular weight excluding hydrogens is 487 g/mol. The first-order chi connectivity index (χ1) is 18.7. The molecule has 2 aliphatic heterocycles. The van der Waals surface area contributed by atoms with Crippen LogP contribution in [-0.2, 0) is 4.57 Å². The second-order valence-corrected chi connectivity index (χ2v) is 12.2. The second kappa shape index (κ2) is 7.95. The van der Waals surface area contributed by atoms with Crippen molar-refractivity contribution >= 4 is 33.8 Å². The maximum atomic E-state index is 15.5. The Morgan fingerprint density at radius 3 is 1.92 bits per heavy atom. The number of hydrogen-bond acceptors (Lipinski definition) is 3. The van der Waals surface area contributed by atoms with Crippen molar-refractivity contribution in [3.05, 3.63) is 127 Å². The zero-order chi connectivity index (χ0) is 25.3. The average molecular weight is 509 g/mol. The predicted octanol–water partition coefficient (Wildman–Crippen LogP) is 8.02. The molecule has 0 amide bonds. The molecule has 0 fully saturated rings. The summed E-state index contributed by atoms with van der Waals surface area (Å²) in [5.41, 5.74) is 4.25. The highest BCUT2D eigenvalue weighted by molar-refractivity contribution is 7.86. The molecule has 4 heteroatoms. The van der Waals surface area contributed by atoms with Crippen molar-refractivity contribution in [3.63, 3.8) is 0 Å². The van der Waals surface area contributed by atoms with E-state index in [9.17, 15) is 0 Å².